The van der Waals surface area contributed by atoms with E-state index in [1.54, 1.807) is 12.1 Å². The van der Waals surface area contributed by atoms with Crippen LogP contribution in [0.1, 0.15) is 37.8 Å². The Morgan fingerprint density at radius 3 is 2.53 bits per heavy atom. The van der Waals surface area contributed by atoms with Crippen LogP contribution in [0.4, 0.5) is 5.69 Å². The van der Waals surface area contributed by atoms with Gasteiger partial charge in [-0.1, -0.05) is 19.9 Å². The molecular formula is C15H21N3O. The van der Waals surface area contributed by atoms with Crippen molar-refractivity contribution in [1.29, 1.82) is 5.26 Å². The van der Waals surface area contributed by atoms with Gasteiger partial charge < -0.3 is 11.1 Å². The maximum Gasteiger partial charge on any atom is 0.231 e. The minimum atomic E-state index is -0.533. The van der Waals surface area contributed by atoms with Gasteiger partial charge in [0, 0.05) is 12.2 Å². The molecule has 1 aromatic rings. The molecule has 0 aliphatic rings. The molecule has 3 N–H and O–H groups in total. The number of nitrogens with two attached hydrogens (primary N) is 1. The summed E-state index contributed by atoms with van der Waals surface area (Å²) in [6.45, 7) is 6.16. The van der Waals surface area contributed by atoms with Gasteiger partial charge in [-0.15, -0.1) is 0 Å². The molecule has 19 heavy (non-hydrogen) atoms. The van der Waals surface area contributed by atoms with Crippen molar-refractivity contribution in [2.24, 2.45) is 11.1 Å². The molecule has 0 atom stereocenters. The van der Waals surface area contributed by atoms with E-state index in [2.05, 4.69) is 11.4 Å². The number of benzene rings is 1. The van der Waals surface area contributed by atoms with Gasteiger partial charge >= 0.3 is 0 Å². The molecule has 0 bridgehead atoms. The van der Waals surface area contributed by atoms with Gasteiger partial charge in [0.15, 0.2) is 0 Å². The lowest BCUT2D eigenvalue weighted by Crippen LogP contribution is -2.41. The fourth-order valence-electron chi connectivity index (χ4n) is 2.03. The number of aryl methyl sites for hydroxylation is 1. The van der Waals surface area contributed by atoms with Crippen molar-refractivity contribution in [3.63, 3.8) is 0 Å². The first kappa shape index (κ1) is 15.2. The van der Waals surface area contributed by atoms with Gasteiger partial charge in [0.25, 0.3) is 0 Å². The standard InChI is InChI=1S/C15H21N3O/c1-4-15(5-2,10-17)14(19)18-13-8-12(9-16)7-6-11(13)3/h6-8H,4-5,10,17H2,1-3H3,(H,18,19). The molecule has 0 aliphatic heterocycles. The Hall–Kier alpha value is -1.86. The monoisotopic (exact) mass is 259 g/mol. The van der Waals surface area contributed by atoms with E-state index in [1.165, 1.54) is 0 Å². The van der Waals surface area contributed by atoms with Crippen LogP contribution in [0.15, 0.2) is 18.2 Å². The molecule has 0 heterocycles. The van der Waals surface area contributed by atoms with Gasteiger partial charge in [-0.05, 0) is 37.5 Å². The second-order valence-electron chi connectivity index (χ2n) is 4.79. The zero-order valence-corrected chi connectivity index (χ0v) is 11.8. The van der Waals surface area contributed by atoms with E-state index in [4.69, 9.17) is 11.0 Å². The lowest BCUT2D eigenvalue weighted by Gasteiger charge is -2.28. The van der Waals surface area contributed by atoms with E-state index in [-0.39, 0.29) is 5.91 Å². The second-order valence-corrected chi connectivity index (χ2v) is 4.79. The van der Waals surface area contributed by atoms with Crippen LogP contribution in [0, 0.1) is 23.7 Å². The van der Waals surface area contributed by atoms with Gasteiger partial charge in [-0.3, -0.25) is 4.79 Å². The number of anilines is 1. The largest absolute Gasteiger partial charge is 0.329 e. The van der Waals surface area contributed by atoms with Crippen LogP contribution in [0.25, 0.3) is 0 Å². The molecule has 4 nitrogen and oxygen atoms in total. The highest BCUT2D eigenvalue weighted by Gasteiger charge is 2.33. The third-order valence-electron chi connectivity index (χ3n) is 3.84. The van der Waals surface area contributed by atoms with E-state index in [0.29, 0.717) is 30.6 Å². The maximum atomic E-state index is 12.4. The van der Waals surface area contributed by atoms with E-state index < -0.39 is 5.41 Å². The molecule has 1 rings (SSSR count). The Kier molecular flexibility index (Phi) is 5.08. The van der Waals surface area contributed by atoms with E-state index in [0.717, 1.165) is 5.56 Å². The van der Waals surface area contributed by atoms with Crippen molar-refractivity contribution in [3.05, 3.63) is 29.3 Å². The van der Waals surface area contributed by atoms with Crippen LogP contribution < -0.4 is 11.1 Å². The predicted molar refractivity (Wildman–Crippen MR) is 76.6 cm³/mol. The normalized spacial score (nSPS) is 10.9. The number of carbonyl (C=O) groups excluding carboxylic acids is 1. The molecule has 1 amide bonds. The molecule has 0 saturated carbocycles. The predicted octanol–water partition coefficient (Wildman–Crippen LogP) is 2.57. The van der Waals surface area contributed by atoms with Crippen molar-refractivity contribution in [2.45, 2.75) is 33.6 Å². The SMILES string of the molecule is CCC(CC)(CN)C(=O)Nc1cc(C#N)ccc1C. The fourth-order valence-corrected chi connectivity index (χ4v) is 2.03. The Morgan fingerprint density at radius 1 is 1.42 bits per heavy atom. The lowest BCUT2D eigenvalue weighted by molar-refractivity contribution is -0.125. The van der Waals surface area contributed by atoms with Crippen molar-refractivity contribution >= 4 is 11.6 Å². The Morgan fingerprint density at radius 2 is 2.05 bits per heavy atom. The van der Waals surface area contributed by atoms with E-state index >= 15 is 0 Å². The minimum Gasteiger partial charge on any atom is -0.329 e. The Labute approximate surface area is 114 Å². The zero-order chi connectivity index (χ0) is 14.5. The number of carbonyl (C=O) groups is 1. The topological polar surface area (TPSA) is 78.9 Å². The highest BCUT2D eigenvalue weighted by atomic mass is 16.2. The molecular weight excluding hydrogens is 238 g/mol. The van der Waals surface area contributed by atoms with Crippen molar-refractivity contribution in [1.82, 2.24) is 0 Å². The van der Waals surface area contributed by atoms with Crippen LogP contribution in [0.3, 0.4) is 0 Å². The summed E-state index contributed by atoms with van der Waals surface area (Å²) in [7, 11) is 0. The molecule has 0 radical (unpaired) electrons. The average Bonchev–Trinajstić information content (AvgIpc) is 2.44. The first-order valence-electron chi connectivity index (χ1n) is 6.55. The first-order valence-corrected chi connectivity index (χ1v) is 6.55. The Bertz CT molecular complexity index is 490. The summed E-state index contributed by atoms with van der Waals surface area (Å²) >= 11 is 0. The third kappa shape index (κ3) is 3.12. The summed E-state index contributed by atoms with van der Waals surface area (Å²) in [6, 6.07) is 7.33. The zero-order valence-electron chi connectivity index (χ0n) is 11.8. The first-order chi connectivity index (χ1) is 9.02. The third-order valence-corrected chi connectivity index (χ3v) is 3.84. The fraction of sp³-hybridized carbons (Fsp3) is 0.467. The molecule has 0 aromatic heterocycles. The number of nitrogens with zero attached hydrogens (tertiary/aromatic N) is 1. The van der Waals surface area contributed by atoms with Crippen molar-refractivity contribution in [2.75, 3.05) is 11.9 Å². The molecule has 0 saturated heterocycles. The van der Waals surface area contributed by atoms with Crippen molar-refractivity contribution in [3.8, 4) is 6.07 Å². The smallest absolute Gasteiger partial charge is 0.231 e. The molecule has 0 spiro atoms. The minimum absolute atomic E-state index is 0.0711. The van der Waals surface area contributed by atoms with Crippen LogP contribution in [0.2, 0.25) is 0 Å². The highest BCUT2D eigenvalue weighted by molar-refractivity contribution is 5.96. The summed E-state index contributed by atoms with van der Waals surface area (Å²) in [6.07, 6.45) is 1.39. The van der Waals surface area contributed by atoms with Crippen LogP contribution in [-0.4, -0.2) is 12.5 Å². The Balaban J connectivity index is 3.02. The molecule has 1 aromatic carbocycles. The second kappa shape index (κ2) is 6.35. The van der Waals surface area contributed by atoms with Gasteiger partial charge in [0.1, 0.15) is 0 Å². The molecule has 4 heteroatoms. The number of hydrogen-bond donors (Lipinski definition) is 2. The van der Waals surface area contributed by atoms with Gasteiger partial charge in [0.2, 0.25) is 5.91 Å². The van der Waals surface area contributed by atoms with Crippen molar-refractivity contribution < 1.29 is 4.79 Å². The number of rotatable bonds is 5. The summed E-state index contributed by atoms with van der Waals surface area (Å²) in [5, 5.41) is 11.8. The molecule has 0 aliphatic carbocycles. The van der Waals surface area contributed by atoms with Crippen LogP contribution >= 0.6 is 0 Å². The molecule has 102 valence electrons. The number of nitriles is 1. The number of amides is 1. The number of nitrogens with one attached hydrogen (secondary N) is 1. The van der Waals surface area contributed by atoms with Gasteiger partial charge in [-0.25, -0.2) is 0 Å². The quantitative estimate of drug-likeness (QED) is 0.853. The van der Waals surface area contributed by atoms with Crippen LogP contribution in [0.5, 0.6) is 0 Å². The molecule has 0 fully saturated rings. The van der Waals surface area contributed by atoms with Gasteiger partial charge in [-0.2, -0.15) is 5.26 Å². The molecule has 0 unspecified atom stereocenters. The highest BCUT2D eigenvalue weighted by Crippen LogP contribution is 2.28. The summed E-state index contributed by atoms with van der Waals surface area (Å²) in [5.41, 5.74) is 7.39. The van der Waals surface area contributed by atoms with E-state index in [9.17, 15) is 4.79 Å². The number of hydrogen-bond acceptors (Lipinski definition) is 3. The average molecular weight is 259 g/mol. The summed E-state index contributed by atoms with van der Waals surface area (Å²) < 4.78 is 0. The summed E-state index contributed by atoms with van der Waals surface area (Å²) in [4.78, 5) is 12.4. The maximum absolute atomic E-state index is 12.4. The lowest BCUT2D eigenvalue weighted by atomic mass is 9.81. The summed E-state index contributed by atoms with van der Waals surface area (Å²) in [5.74, 6) is -0.0711. The van der Waals surface area contributed by atoms with Crippen LogP contribution in [-0.2, 0) is 4.79 Å². The van der Waals surface area contributed by atoms with E-state index in [1.807, 2.05) is 26.8 Å². The van der Waals surface area contributed by atoms with Gasteiger partial charge in [0.05, 0.1) is 17.0 Å².